The van der Waals surface area contributed by atoms with Crippen molar-refractivity contribution in [3.8, 4) is 0 Å². The molecule has 0 spiro atoms. The summed E-state index contributed by atoms with van der Waals surface area (Å²) in [4.78, 5) is 29.0. The lowest BCUT2D eigenvalue weighted by molar-refractivity contribution is -0.139. The van der Waals surface area contributed by atoms with Crippen molar-refractivity contribution in [3.63, 3.8) is 0 Å². The molecule has 2 aromatic rings. The van der Waals surface area contributed by atoms with E-state index in [1.807, 2.05) is 29.2 Å². The fraction of sp³-hybridized carbons (Fsp3) is 0.517. The van der Waals surface area contributed by atoms with E-state index >= 15 is 0 Å². The van der Waals surface area contributed by atoms with Gasteiger partial charge in [-0.1, -0.05) is 43.5 Å². The highest BCUT2D eigenvalue weighted by molar-refractivity contribution is 7.90. The van der Waals surface area contributed by atoms with Crippen LogP contribution in [-0.2, 0) is 19.4 Å². The molecule has 8 nitrogen and oxygen atoms in total. The highest BCUT2D eigenvalue weighted by atomic mass is 32.2. The van der Waals surface area contributed by atoms with E-state index in [-0.39, 0.29) is 34.7 Å². The SMILES string of the molecule is CN[C@@H](C)C(=O)N[C@H](C(=O)N1CCC[C@H]1c1cccc(Nc2ccccc2S(C)(=O)=O)c1)C1CCCCC1. The molecule has 2 amide bonds. The zero-order valence-electron chi connectivity index (χ0n) is 22.6. The van der Waals surface area contributed by atoms with Crippen molar-refractivity contribution in [1.29, 1.82) is 0 Å². The Labute approximate surface area is 226 Å². The molecule has 2 fully saturated rings. The minimum absolute atomic E-state index is 0.00293. The fourth-order valence-electron chi connectivity index (χ4n) is 5.69. The van der Waals surface area contributed by atoms with Gasteiger partial charge in [-0.3, -0.25) is 9.59 Å². The lowest BCUT2D eigenvalue weighted by atomic mass is 9.83. The largest absolute Gasteiger partial charge is 0.354 e. The number of nitrogens with one attached hydrogen (secondary N) is 3. The standard InChI is InChI=1S/C29H40N4O4S/c1-20(30-2)28(34)32-27(21-11-5-4-6-12-21)29(35)33-18-10-16-25(33)22-13-9-14-23(19-22)31-24-15-7-8-17-26(24)38(3,36)37/h7-9,13-15,17,19-21,25,27,30-31H,4-6,10-12,16,18H2,1-3H3,(H,32,34)/t20-,25-,27-/m0/s1. The van der Waals surface area contributed by atoms with Gasteiger partial charge in [0.1, 0.15) is 6.04 Å². The summed E-state index contributed by atoms with van der Waals surface area (Å²) >= 11 is 0. The predicted molar refractivity (Wildman–Crippen MR) is 150 cm³/mol. The lowest BCUT2D eigenvalue weighted by Gasteiger charge is -2.35. The van der Waals surface area contributed by atoms with Crippen LogP contribution < -0.4 is 16.0 Å². The Morgan fingerprint density at radius 1 is 0.974 bits per heavy atom. The maximum atomic E-state index is 14.0. The number of amides is 2. The van der Waals surface area contributed by atoms with Crippen molar-refractivity contribution in [2.24, 2.45) is 5.92 Å². The summed E-state index contributed by atoms with van der Waals surface area (Å²) < 4.78 is 24.5. The number of likely N-dealkylation sites (N-methyl/N-ethyl adjacent to an activating group) is 1. The number of hydrogen-bond donors (Lipinski definition) is 3. The van der Waals surface area contributed by atoms with Crippen LogP contribution in [0.25, 0.3) is 0 Å². The van der Waals surface area contributed by atoms with E-state index in [1.54, 1.807) is 38.2 Å². The molecule has 0 unspecified atom stereocenters. The van der Waals surface area contributed by atoms with Crippen molar-refractivity contribution >= 4 is 33.0 Å². The van der Waals surface area contributed by atoms with Crippen LogP contribution in [0.4, 0.5) is 11.4 Å². The van der Waals surface area contributed by atoms with Gasteiger partial charge < -0.3 is 20.9 Å². The molecule has 0 radical (unpaired) electrons. The van der Waals surface area contributed by atoms with Gasteiger partial charge in [-0.25, -0.2) is 8.42 Å². The summed E-state index contributed by atoms with van der Waals surface area (Å²) in [5.41, 5.74) is 2.28. The molecule has 206 valence electrons. The predicted octanol–water partition coefficient (Wildman–Crippen LogP) is 4.17. The summed E-state index contributed by atoms with van der Waals surface area (Å²) in [5.74, 6) is -0.00857. The molecule has 4 rings (SSSR count). The van der Waals surface area contributed by atoms with E-state index in [0.29, 0.717) is 12.2 Å². The van der Waals surface area contributed by atoms with Crippen LogP contribution in [0.1, 0.15) is 63.5 Å². The average molecular weight is 541 g/mol. The van der Waals surface area contributed by atoms with E-state index in [4.69, 9.17) is 0 Å². The highest BCUT2D eigenvalue weighted by Gasteiger charge is 2.39. The van der Waals surface area contributed by atoms with Gasteiger partial charge in [0.05, 0.1) is 22.7 Å². The Balaban J connectivity index is 1.57. The Hall–Kier alpha value is -2.91. The Morgan fingerprint density at radius 3 is 2.42 bits per heavy atom. The zero-order valence-corrected chi connectivity index (χ0v) is 23.4. The maximum absolute atomic E-state index is 14.0. The third-order valence-corrected chi connectivity index (χ3v) is 9.04. The first-order valence-corrected chi connectivity index (χ1v) is 15.5. The number of hydrogen-bond acceptors (Lipinski definition) is 6. The van der Waals surface area contributed by atoms with Gasteiger partial charge in [-0.2, -0.15) is 0 Å². The van der Waals surface area contributed by atoms with Crippen LogP contribution in [0.3, 0.4) is 0 Å². The van der Waals surface area contributed by atoms with Gasteiger partial charge in [-0.15, -0.1) is 0 Å². The number of benzene rings is 2. The number of sulfone groups is 1. The van der Waals surface area contributed by atoms with Crippen LogP contribution in [0.15, 0.2) is 53.4 Å². The van der Waals surface area contributed by atoms with Crippen LogP contribution in [0, 0.1) is 5.92 Å². The third-order valence-electron chi connectivity index (χ3n) is 7.88. The van der Waals surface area contributed by atoms with Crippen molar-refractivity contribution in [2.45, 2.75) is 74.9 Å². The topological polar surface area (TPSA) is 108 Å². The minimum atomic E-state index is -3.39. The summed E-state index contributed by atoms with van der Waals surface area (Å²) in [6, 6.07) is 13.7. The monoisotopic (exact) mass is 540 g/mol. The summed E-state index contributed by atoms with van der Waals surface area (Å²) in [6.45, 7) is 2.45. The van der Waals surface area contributed by atoms with E-state index in [1.165, 1.54) is 12.7 Å². The van der Waals surface area contributed by atoms with Crippen molar-refractivity contribution < 1.29 is 18.0 Å². The molecule has 1 saturated heterocycles. The number of nitrogens with zero attached hydrogens (tertiary/aromatic N) is 1. The smallest absolute Gasteiger partial charge is 0.245 e. The summed E-state index contributed by atoms with van der Waals surface area (Å²) in [7, 11) is -1.65. The molecule has 38 heavy (non-hydrogen) atoms. The molecule has 0 aromatic heterocycles. The van der Waals surface area contributed by atoms with Crippen molar-refractivity contribution in [3.05, 3.63) is 54.1 Å². The molecule has 1 saturated carbocycles. The van der Waals surface area contributed by atoms with Crippen LogP contribution in [0.2, 0.25) is 0 Å². The molecule has 1 aliphatic heterocycles. The van der Waals surface area contributed by atoms with Crippen molar-refractivity contribution in [1.82, 2.24) is 15.5 Å². The Morgan fingerprint density at radius 2 is 1.71 bits per heavy atom. The summed E-state index contributed by atoms with van der Waals surface area (Å²) in [6.07, 6.45) is 8.16. The van der Waals surface area contributed by atoms with E-state index in [2.05, 4.69) is 16.0 Å². The molecular formula is C29H40N4O4S. The molecule has 3 N–H and O–H groups in total. The maximum Gasteiger partial charge on any atom is 0.245 e. The highest BCUT2D eigenvalue weighted by Crippen LogP contribution is 2.36. The van der Waals surface area contributed by atoms with Gasteiger partial charge in [0.2, 0.25) is 11.8 Å². The van der Waals surface area contributed by atoms with Gasteiger partial charge >= 0.3 is 0 Å². The third kappa shape index (κ3) is 6.56. The van der Waals surface area contributed by atoms with Gasteiger partial charge in [0, 0.05) is 18.5 Å². The molecular weight excluding hydrogens is 500 g/mol. The van der Waals surface area contributed by atoms with Crippen molar-refractivity contribution in [2.75, 3.05) is 25.2 Å². The Kier molecular flexibility index (Phi) is 9.10. The average Bonchev–Trinajstić information content (AvgIpc) is 3.41. The molecule has 1 heterocycles. The number of rotatable bonds is 9. The normalized spacial score (nSPS) is 20.1. The van der Waals surface area contributed by atoms with E-state index in [9.17, 15) is 18.0 Å². The lowest BCUT2D eigenvalue weighted by Crippen LogP contribution is -2.55. The van der Waals surface area contributed by atoms with Gasteiger partial charge in [0.15, 0.2) is 9.84 Å². The second kappa shape index (κ2) is 12.3. The first kappa shape index (κ1) is 28.1. The molecule has 0 bridgehead atoms. The fourth-order valence-corrected chi connectivity index (χ4v) is 6.53. The minimum Gasteiger partial charge on any atom is -0.354 e. The second-order valence-corrected chi connectivity index (χ2v) is 12.6. The number of carbonyl (C=O) groups is 2. The molecule has 2 aromatic carbocycles. The number of para-hydroxylation sites is 1. The van der Waals surface area contributed by atoms with Gasteiger partial charge in [-0.05, 0) is 75.4 Å². The first-order chi connectivity index (χ1) is 18.2. The molecule has 2 aliphatic rings. The number of anilines is 2. The van der Waals surface area contributed by atoms with Gasteiger partial charge in [0.25, 0.3) is 0 Å². The van der Waals surface area contributed by atoms with Crippen LogP contribution in [0.5, 0.6) is 0 Å². The van der Waals surface area contributed by atoms with E-state index in [0.717, 1.165) is 49.8 Å². The first-order valence-electron chi connectivity index (χ1n) is 13.6. The second-order valence-electron chi connectivity index (χ2n) is 10.6. The number of carbonyl (C=O) groups excluding carboxylic acids is 2. The van der Waals surface area contributed by atoms with Crippen LogP contribution in [-0.4, -0.2) is 57.1 Å². The Bertz CT molecular complexity index is 1240. The van der Waals surface area contributed by atoms with E-state index < -0.39 is 15.9 Å². The molecule has 1 aliphatic carbocycles. The summed E-state index contributed by atoms with van der Waals surface area (Å²) in [5, 5.41) is 9.32. The zero-order chi connectivity index (χ0) is 27.3. The van der Waals surface area contributed by atoms with Crippen LogP contribution >= 0.6 is 0 Å². The number of likely N-dealkylation sites (tertiary alicyclic amines) is 1. The quantitative estimate of drug-likeness (QED) is 0.441. The molecule has 3 atom stereocenters. The molecule has 9 heteroatoms.